The van der Waals surface area contributed by atoms with Crippen molar-refractivity contribution in [1.29, 1.82) is 0 Å². The van der Waals surface area contributed by atoms with E-state index in [9.17, 15) is 8.42 Å². The monoisotopic (exact) mass is 460 g/mol. The van der Waals surface area contributed by atoms with Crippen LogP contribution in [0.4, 0.5) is 0 Å². The second-order valence-electron chi connectivity index (χ2n) is 8.54. The van der Waals surface area contributed by atoms with Gasteiger partial charge >= 0.3 is 29.6 Å². The Morgan fingerprint density at radius 3 is 2.07 bits per heavy atom. The molecule has 0 amide bonds. The zero-order chi connectivity index (χ0) is 21.4. The summed E-state index contributed by atoms with van der Waals surface area (Å²) < 4.78 is 47.4. The summed E-state index contributed by atoms with van der Waals surface area (Å²) in [5, 5.41) is 0. The van der Waals surface area contributed by atoms with E-state index in [0.717, 1.165) is 12.8 Å². The van der Waals surface area contributed by atoms with Gasteiger partial charge in [0.05, 0.1) is 19.0 Å². The van der Waals surface area contributed by atoms with Gasteiger partial charge in [0.15, 0.2) is 5.79 Å². The van der Waals surface area contributed by atoms with Gasteiger partial charge in [-0.1, -0.05) is 71.1 Å². The van der Waals surface area contributed by atoms with Crippen LogP contribution >= 0.6 is 0 Å². The number of rotatable bonds is 19. The first-order valence-electron chi connectivity index (χ1n) is 11.7. The van der Waals surface area contributed by atoms with Gasteiger partial charge in [0.25, 0.3) is 10.1 Å². The van der Waals surface area contributed by atoms with E-state index in [4.69, 9.17) is 18.8 Å². The summed E-state index contributed by atoms with van der Waals surface area (Å²) in [6.07, 6.45) is 16.5. The molecule has 1 saturated heterocycles. The maximum absolute atomic E-state index is 10.6. The van der Waals surface area contributed by atoms with Crippen molar-refractivity contribution in [3.05, 3.63) is 0 Å². The fraction of sp³-hybridized carbons (Fsp3) is 1.00. The van der Waals surface area contributed by atoms with E-state index in [1.807, 2.05) is 6.92 Å². The molecule has 0 aromatic rings. The summed E-state index contributed by atoms with van der Waals surface area (Å²) in [5.74, 6) is -0.714. The molecular weight excluding hydrogens is 415 g/mol. The fourth-order valence-corrected chi connectivity index (χ4v) is 4.29. The van der Waals surface area contributed by atoms with Gasteiger partial charge in [-0.15, -0.1) is 0 Å². The number of hydrogen-bond donors (Lipinski definition) is 1. The molecule has 0 saturated carbocycles. The van der Waals surface area contributed by atoms with Gasteiger partial charge in [0.1, 0.15) is 6.10 Å². The van der Waals surface area contributed by atoms with Crippen molar-refractivity contribution in [2.75, 3.05) is 25.6 Å². The number of hydrogen-bond acceptors (Lipinski definition) is 5. The van der Waals surface area contributed by atoms with Crippen LogP contribution in [0.1, 0.15) is 104 Å². The number of unbranched alkanes of at least 4 members (excludes halogenated alkanes) is 11. The molecule has 176 valence electrons. The van der Waals surface area contributed by atoms with Crippen molar-refractivity contribution in [2.45, 2.75) is 116 Å². The van der Waals surface area contributed by atoms with Crippen molar-refractivity contribution in [2.24, 2.45) is 0 Å². The van der Waals surface area contributed by atoms with E-state index in [2.05, 4.69) is 6.92 Å². The average Bonchev–Trinajstić information content (AvgIpc) is 3.03. The minimum atomic E-state index is -3.87. The van der Waals surface area contributed by atoms with Gasteiger partial charge in [0.2, 0.25) is 0 Å². The first-order valence-corrected chi connectivity index (χ1v) is 13.3. The third kappa shape index (κ3) is 17.4. The summed E-state index contributed by atoms with van der Waals surface area (Å²) >= 11 is 0. The van der Waals surface area contributed by atoms with Crippen molar-refractivity contribution < 1.29 is 27.2 Å². The van der Waals surface area contributed by atoms with Crippen LogP contribution in [0.25, 0.3) is 0 Å². The molecule has 1 aliphatic heterocycles. The standard InChI is InChI=1S/C22H44O6S.Na.H/c1-3-4-5-6-7-8-9-10-11-12-13-16-22(2)27-20-21(28-22)19-26-17-14-15-18-29(23,24)25;;/h21H,3-20H2,1-2H3,(H,23,24,25);;. The Labute approximate surface area is 207 Å². The molecule has 0 aliphatic carbocycles. The van der Waals surface area contributed by atoms with Gasteiger partial charge in [-0.2, -0.15) is 8.42 Å². The predicted octanol–water partition coefficient (Wildman–Crippen LogP) is 4.86. The molecule has 1 fully saturated rings. The van der Waals surface area contributed by atoms with E-state index in [1.165, 1.54) is 64.2 Å². The quantitative estimate of drug-likeness (QED) is 0.168. The van der Waals surface area contributed by atoms with E-state index in [-0.39, 0.29) is 41.4 Å². The zero-order valence-electron chi connectivity index (χ0n) is 18.7. The van der Waals surface area contributed by atoms with Gasteiger partial charge in [-0.05, 0) is 26.2 Å². The van der Waals surface area contributed by atoms with Crippen LogP contribution in [0.15, 0.2) is 0 Å². The Hall–Kier alpha value is 0.790. The maximum atomic E-state index is 10.6. The van der Waals surface area contributed by atoms with Crippen molar-refractivity contribution >= 4 is 39.7 Å². The van der Waals surface area contributed by atoms with Crippen LogP contribution in [0.2, 0.25) is 0 Å². The second-order valence-corrected chi connectivity index (χ2v) is 10.1. The van der Waals surface area contributed by atoms with E-state index >= 15 is 0 Å². The normalized spacial score (nSPS) is 21.6. The first kappa shape index (κ1) is 30.8. The summed E-state index contributed by atoms with van der Waals surface area (Å²) in [4.78, 5) is 0. The average molecular weight is 461 g/mol. The van der Waals surface area contributed by atoms with E-state index in [1.54, 1.807) is 0 Å². The molecule has 1 rings (SSSR count). The minimum absolute atomic E-state index is 0. The van der Waals surface area contributed by atoms with Gasteiger partial charge in [-0.3, -0.25) is 4.55 Å². The molecule has 2 unspecified atom stereocenters. The Balaban J connectivity index is 0.00000841. The van der Waals surface area contributed by atoms with Crippen molar-refractivity contribution in [1.82, 2.24) is 0 Å². The van der Waals surface area contributed by atoms with Crippen LogP contribution in [0.3, 0.4) is 0 Å². The van der Waals surface area contributed by atoms with Crippen LogP contribution < -0.4 is 0 Å². The van der Waals surface area contributed by atoms with Gasteiger partial charge in [0, 0.05) is 13.0 Å². The summed E-state index contributed by atoms with van der Waals surface area (Å²) in [6.45, 7) is 5.73. The van der Waals surface area contributed by atoms with Gasteiger partial charge in [-0.25, -0.2) is 0 Å². The molecular formula is C22H45NaO6S. The van der Waals surface area contributed by atoms with E-state index < -0.39 is 15.9 Å². The molecule has 1 N–H and O–H groups in total. The summed E-state index contributed by atoms with van der Waals surface area (Å²) in [5.41, 5.74) is 0. The molecule has 0 spiro atoms. The molecule has 0 radical (unpaired) electrons. The third-order valence-electron chi connectivity index (χ3n) is 5.47. The van der Waals surface area contributed by atoms with Crippen LogP contribution in [0.5, 0.6) is 0 Å². The van der Waals surface area contributed by atoms with Crippen LogP contribution in [-0.4, -0.2) is 80.0 Å². The molecule has 1 heterocycles. The fourth-order valence-electron chi connectivity index (χ4n) is 3.72. The molecule has 0 aromatic heterocycles. The molecule has 0 aromatic carbocycles. The SMILES string of the molecule is CCCCCCCCCCCCCC1(C)OCC(COCCCCS(=O)(=O)O)O1.[NaH]. The van der Waals surface area contributed by atoms with Crippen LogP contribution in [-0.2, 0) is 24.3 Å². The van der Waals surface area contributed by atoms with Crippen LogP contribution in [0, 0.1) is 0 Å². The first-order chi connectivity index (χ1) is 13.8. The second kappa shape index (κ2) is 18.2. The third-order valence-corrected chi connectivity index (χ3v) is 6.27. The zero-order valence-corrected chi connectivity index (χ0v) is 19.5. The molecule has 1 aliphatic rings. The van der Waals surface area contributed by atoms with Crippen molar-refractivity contribution in [3.8, 4) is 0 Å². The topological polar surface area (TPSA) is 82.1 Å². The van der Waals surface area contributed by atoms with Gasteiger partial charge < -0.3 is 14.2 Å². The summed E-state index contributed by atoms with van der Waals surface area (Å²) in [7, 11) is -3.87. The molecule has 0 bridgehead atoms. The summed E-state index contributed by atoms with van der Waals surface area (Å²) in [6, 6.07) is 0. The Bertz CT molecular complexity index is 502. The van der Waals surface area contributed by atoms with Crippen molar-refractivity contribution in [3.63, 3.8) is 0 Å². The van der Waals surface area contributed by atoms with E-state index in [0.29, 0.717) is 32.7 Å². The molecule has 8 heteroatoms. The number of ether oxygens (including phenoxy) is 3. The predicted molar refractivity (Wildman–Crippen MR) is 124 cm³/mol. The molecule has 30 heavy (non-hydrogen) atoms. The Kier molecular flexibility index (Phi) is 18.7. The molecule has 2 atom stereocenters. The Morgan fingerprint density at radius 1 is 0.933 bits per heavy atom. The molecule has 6 nitrogen and oxygen atoms in total. The Morgan fingerprint density at radius 2 is 1.50 bits per heavy atom.